The van der Waals surface area contributed by atoms with Gasteiger partial charge in [0.05, 0.1) is 25.4 Å². The molecule has 2 fully saturated rings. The van der Waals surface area contributed by atoms with Gasteiger partial charge in [-0.25, -0.2) is 9.38 Å². The number of morpholine rings is 1. The second-order valence-corrected chi connectivity index (χ2v) is 7.95. The van der Waals surface area contributed by atoms with Gasteiger partial charge < -0.3 is 25.2 Å². The molecule has 30 heavy (non-hydrogen) atoms. The van der Waals surface area contributed by atoms with Gasteiger partial charge in [0.2, 0.25) is 0 Å². The van der Waals surface area contributed by atoms with E-state index in [4.69, 9.17) is 22.1 Å². The van der Waals surface area contributed by atoms with Gasteiger partial charge in [-0.1, -0.05) is 17.7 Å². The highest BCUT2D eigenvalue weighted by atomic mass is 35.5. The van der Waals surface area contributed by atoms with Crippen LogP contribution in [0.4, 0.5) is 15.8 Å². The number of anilines is 2. The lowest BCUT2D eigenvalue weighted by Gasteiger charge is -2.36. The molecule has 2 aromatic rings. The van der Waals surface area contributed by atoms with E-state index in [2.05, 4.69) is 14.8 Å². The molecular formula is C22H27ClFN5O. The summed E-state index contributed by atoms with van der Waals surface area (Å²) in [7, 11) is 0. The molecular weight excluding hydrogens is 405 g/mol. The molecule has 0 atom stereocenters. The molecule has 4 rings (SSSR count). The van der Waals surface area contributed by atoms with Crippen LogP contribution in [0.15, 0.2) is 47.5 Å². The molecule has 2 aliphatic rings. The predicted octanol–water partition coefficient (Wildman–Crippen LogP) is 2.95. The van der Waals surface area contributed by atoms with Gasteiger partial charge in [-0.3, -0.25) is 0 Å². The molecule has 0 aromatic heterocycles. The Kier molecular flexibility index (Phi) is 6.59. The molecule has 2 saturated heterocycles. The number of aliphatic imine (C=N–C) groups is 1. The number of benzene rings is 2. The summed E-state index contributed by atoms with van der Waals surface area (Å²) in [5.74, 6) is 0.281. The van der Waals surface area contributed by atoms with Crippen molar-refractivity contribution in [3.8, 4) is 0 Å². The Morgan fingerprint density at radius 2 is 1.67 bits per heavy atom. The van der Waals surface area contributed by atoms with Gasteiger partial charge in [0, 0.05) is 50.0 Å². The van der Waals surface area contributed by atoms with Crippen LogP contribution in [-0.2, 0) is 11.3 Å². The van der Waals surface area contributed by atoms with Crippen LogP contribution in [0.25, 0.3) is 0 Å². The van der Waals surface area contributed by atoms with Gasteiger partial charge in [-0.2, -0.15) is 0 Å². The van der Waals surface area contributed by atoms with Crippen molar-refractivity contribution >= 4 is 28.9 Å². The first-order chi connectivity index (χ1) is 14.6. The molecule has 0 saturated carbocycles. The van der Waals surface area contributed by atoms with E-state index in [1.165, 1.54) is 0 Å². The number of ether oxygens (including phenoxy) is 1. The molecule has 0 amide bonds. The molecule has 160 valence electrons. The largest absolute Gasteiger partial charge is 0.378 e. The zero-order chi connectivity index (χ0) is 20.9. The van der Waals surface area contributed by atoms with Gasteiger partial charge in [0.25, 0.3) is 0 Å². The Hall–Kier alpha value is -2.51. The number of rotatable bonds is 4. The molecule has 0 radical (unpaired) electrons. The van der Waals surface area contributed by atoms with Gasteiger partial charge in [-0.05, 0) is 42.0 Å². The highest BCUT2D eigenvalue weighted by Crippen LogP contribution is 2.22. The molecule has 0 aliphatic carbocycles. The van der Waals surface area contributed by atoms with Crippen LogP contribution in [0.2, 0.25) is 5.02 Å². The zero-order valence-electron chi connectivity index (χ0n) is 16.9. The summed E-state index contributed by atoms with van der Waals surface area (Å²) in [4.78, 5) is 10.9. The van der Waals surface area contributed by atoms with E-state index in [-0.39, 0.29) is 5.82 Å². The minimum absolute atomic E-state index is 0.222. The van der Waals surface area contributed by atoms with Gasteiger partial charge >= 0.3 is 0 Å². The van der Waals surface area contributed by atoms with Crippen molar-refractivity contribution in [1.82, 2.24) is 4.90 Å². The molecule has 6 nitrogen and oxygen atoms in total. The number of guanidine groups is 1. The van der Waals surface area contributed by atoms with E-state index in [9.17, 15) is 4.39 Å². The van der Waals surface area contributed by atoms with Crippen molar-refractivity contribution in [2.24, 2.45) is 10.7 Å². The summed E-state index contributed by atoms with van der Waals surface area (Å²) < 4.78 is 19.9. The van der Waals surface area contributed by atoms with Crippen molar-refractivity contribution in [2.45, 2.75) is 6.54 Å². The second kappa shape index (κ2) is 9.53. The molecule has 2 N–H and O–H groups in total. The molecule has 2 aliphatic heterocycles. The van der Waals surface area contributed by atoms with Crippen LogP contribution in [0, 0.1) is 5.82 Å². The summed E-state index contributed by atoms with van der Waals surface area (Å²) in [6, 6.07) is 13.2. The van der Waals surface area contributed by atoms with Gasteiger partial charge in [0.1, 0.15) is 5.82 Å². The van der Waals surface area contributed by atoms with Crippen molar-refractivity contribution < 1.29 is 9.13 Å². The fourth-order valence-corrected chi connectivity index (χ4v) is 3.95. The Bertz CT molecular complexity index is 878. The zero-order valence-corrected chi connectivity index (χ0v) is 17.7. The van der Waals surface area contributed by atoms with E-state index in [1.54, 1.807) is 6.07 Å². The lowest BCUT2D eigenvalue weighted by Crippen LogP contribution is -2.51. The number of hydrogen-bond donors (Lipinski definition) is 1. The molecule has 0 spiro atoms. The van der Waals surface area contributed by atoms with Crippen LogP contribution in [-0.4, -0.2) is 63.3 Å². The summed E-state index contributed by atoms with van der Waals surface area (Å²) in [6.07, 6.45) is 0. The highest BCUT2D eigenvalue weighted by Gasteiger charge is 2.19. The minimum atomic E-state index is -0.222. The van der Waals surface area contributed by atoms with Gasteiger partial charge in [0.15, 0.2) is 5.96 Å². The third-order valence-electron chi connectivity index (χ3n) is 5.58. The molecule has 8 heteroatoms. The Balaban J connectivity index is 1.32. The van der Waals surface area contributed by atoms with Crippen molar-refractivity contribution in [3.05, 3.63) is 58.9 Å². The van der Waals surface area contributed by atoms with E-state index in [1.807, 2.05) is 41.3 Å². The first kappa shape index (κ1) is 20.8. The third kappa shape index (κ3) is 4.96. The molecule has 0 unspecified atom stereocenters. The van der Waals surface area contributed by atoms with Crippen LogP contribution < -0.4 is 15.5 Å². The van der Waals surface area contributed by atoms with Crippen LogP contribution >= 0.6 is 11.6 Å². The smallest absolute Gasteiger partial charge is 0.191 e. The maximum absolute atomic E-state index is 14.6. The Morgan fingerprint density at radius 1 is 0.967 bits per heavy atom. The third-order valence-corrected chi connectivity index (χ3v) is 5.83. The standard InChI is InChI=1S/C22H27ClFN5O/c23-18-2-4-19(5-3-18)27-7-9-29(10-8-27)22(25)26-16-17-1-6-21(20(24)15-17)28-11-13-30-14-12-28/h1-6,15H,7-14,16H2,(H2,25,26). The number of hydrogen-bond acceptors (Lipinski definition) is 4. The van der Waals surface area contributed by atoms with Crippen molar-refractivity contribution in [3.63, 3.8) is 0 Å². The maximum atomic E-state index is 14.6. The number of nitrogens with zero attached hydrogens (tertiary/aromatic N) is 4. The monoisotopic (exact) mass is 431 g/mol. The van der Waals surface area contributed by atoms with Crippen LogP contribution in [0.5, 0.6) is 0 Å². The Labute approximate surface area is 181 Å². The maximum Gasteiger partial charge on any atom is 0.191 e. The quantitative estimate of drug-likeness (QED) is 0.595. The van der Waals surface area contributed by atoms with E-state index in [0.717, 1.165) is 42.5 Å². The average molecular weight is 432 g/mol. The number of piperazine rings is 1. The summed E-state index contributed by atoms with van der Waals surface area (Å²) in [5, 5.41) is 0.739. The summed E-state index contributed by atoms with van der Waals surface area (Å²) in [5.41, 5.74) is 8.80. The van der Waals surface area contributed by atoms with Crippen LogP contribution in [0.3, 0.4) is 0 Å². The highest BCUT2D eigenvalue weighted by molar-refractivity contribution is 6.30. The van der Waals surface area contributed by atoms with Crippen molar-refractivity contribution in [2.75, 3.05) is 62.3 Å². The minimum Gasteiger partial charge on any atom is -0.378 e. The predicted molar refractivity (Wildman–Crippen MR) is 120 cm³/mol. The lowest BCUT2D eigenvalue weighted by atomic mass is 10.1. The van der Waals surface area contributed by atoms with Crippen molar-refractivity contribution in [1.29, 1.82) is 0 Å². The fraction of sp³-hybridized carbons (Fsp3) is 0.409. The topological polar surface area (TPSA) is 57.3 Å². The number of halogens is 2. The van der Waals surface area contributed by atoms with E-state index < -0.39 is 0 Å². The van der Waals surface area contributed by atoms with Gasteiger partial charge in [-0.15, -0.1) is 0 Å². The van der Waals surface area contributed by atoms with Crippen LogP contribution in [0.1, 0.15) is 5.56 Å². The normalized spacial score (nSPS) is 18.1. The fourth-order valence-electron chi connectivity index (χ4n) is 3.83. The molecule has 0 bridgehead atoms. The molecule has 2 heterocycles. The Morgan fingerprint density at radius 3 is 2.33 bits per heavy atom. The summed E-state index contributed by atoms with van der Waals surface area (Å²) in [6.45, 7) is 6.36. The lowest BCUT2D eigenvalue weighted by molar-refractivity contribution is 0.122. The summed E-state index contributed by atoms with van der Waals surface area (Å²) >= 11 is 5.97. The first-order valence-electron chi connectivity index (χ1n) is 10.3. The van der Waals surface area contributed by atoms with E-state index >= 15 is 0 Å². The SMILES string of the molecule is NC(=NCc1ccc(N2CCOCC2)c(F)c1)N1CCN(c2ccc(Cl)cc2)CC1. The number of nitrogens with two attached hydrogens (primary N) is 1. The average Bonchev–Trinajstić information content (AvgIpc) is 2.79. The first-order valence-corrected chi connectivity index (χ1v) is 10.6. The molecule has 2 aromatic carbocycles. The van der Waals surface area contributed by atoms with E-state index in [0.29, 0.717) is 44.5 Å². The second-order valence-electron chi connectivity index (χ2n) is 7.51.